The van der Waals surface area contributed by atoms with Crippen molar-refractivity contribution in [3.05, 3.63) is 35.0 Å². The molecule has 0 aliphatic carbocycles. The van der Waals surface area contributed by atoms with E-state index in [9.17, 15) is 0 Å². The van der Waals surface area contributed by atoms with Crippen LogP contribution in [0.3, 0.4) is 0 Å². The van der Waals surface area contributed by atoms with Crippen LogP contribution in [0.15, 0.2) is 29.5 Å². The molecule has 2 heteroatoms. The highest BCUT2D eigenvalue weighted by Gasteiger charge is 2.00. The molecule has 1 atom stereocenters. The zero-order valence-electron chi connectivity index (χ0n) is 7.42. The molecule has 1 nitrogen and oxygen atoms in total. The quantitative estimate of drug-likeness (QED) is 0.688. The summed E-state index contributed by atoms with van der Waals surface area (Å²) < 4.78 is 0. The average Bonchev–Trinajstić information content (AvgIpc) is 2.53. The minimum absolute atomic E-state index is 0.539. The number of hydrogen-bond donors (Lipinski definition) is 1. The summed E-state index contributed by atoms with van der Waals surface area (Å²) in [5.74, 6) is 0. The van der Waals surface area contributed by atoms with Crippen LogP contribution in [-0.2, 0) is 6.42 Å². The van der Waals surface area contributed by atoms with Crippen LogP contribution in [0.25, 0.3) is 0 Å². The fourth-order valence-electron chi connectivity index (χ4n) is 1.12. The SMILES string of the molecule is C=CCNC(C)Cc1ccsc1. The van der Waals surface area contributed by atoms with E-state index in [-0.39, 0.29) is 0 Å². The van der Waals surface area contributed by atoms with Crippen LogP contribution in [0.2, 0.25) is 0 Å². The molecule has 1 heterocycles. The Balaban J connectivity index is 2.26. The van der Waals surface area contributed by atoms with Crippen molar-refractivity contribution >= 4 is 11.3 Å². The van der Waals surface area contributed by atoms with Crippen LogP contribution in [0.4, 0.5) is 0 Å². The predicted molar refractivity (Wildman–Crippen MR) is 55.7 cm³/mol. The molecular formula is C10H15NS. The summed E-state index contributed by atoms with van der Waals surface area (Å²) in [4.78, 5) is 0. The number of thiophene rings is 1. The molecule has 0 aromatic carbocycles. The molecule has 0 saturated heterocycles. The highest BCUT2D eigenvalue weighted by Crippen LogP contribution is 2.08. The van der Waals surface area contributed by atoms with Gasteiger partial charge in [-0.2, -0.15) is 11.3 Å². The van der Waals surface area contributed by atoms with Gasteiger partial charge in [0.05, 0.1) is 0 Å². The molecule has 1 aromatic heterocycles. The molecule has 1 aromatic rings. The van der Waals surface area contributed by atoms with Gasteiger partial charge in [-0.05, 0) is 35.7 Å². The average molecular weight is 181 g/mol. The monoisotopic (exact) mass is 181 g/mol. The minimum Gasteiger partial charge on any atom is -0.310 e. The molecule has 0 bridgehead atoms. The lowest BCUT2D eigenvalue weighted by Crippen LogP contribution is -2.27. The summed E-state index contributed by atoms with van der Waals surface area (Å²) in [6.45, 7) is 6.76. The van der Waals surface area contributed by atoms with Crippen LogP contribution < -0.4 is 5.32 Å². The number of hydrogen-bond acceptors (Lipinski definition) is 2. The fourth-order valence-corrected chi connectivity index (χ4v) is 1.80. The van der Waals surface area contributed by atoms with Crippen molar-refractivity contribution in [3.63, 3.8) is 0 Å². The molecule has 12 heavy (non-hydrogen) atoms. The summed E-state index contributed by atoms with van der Waals surface area (Å²) in [6.07, 6.45) is 3.00. The van der Waals surface area contributed by atoms with E-state index in [1.54, 1.807) is 11.3 Å². The van der Waals surface area contributed by atoms with Crippen molar-refractivity contribution in [3.8, 4) is 0 Å². The second-order valence-corrected chi connectivity index (χ2v) is 3.71. The van der Waals surface area contributed by atoms with Crippen LogP contribution >= 0.6 is 11.3 Å². The van der Waals surface area contributed by atoms with Gasteiger partial charge in [-0.1, -0.05) is 6.08 Å². The highest BCUT2D eigenvalue weighted by molar-refractivity contribution is 7.07. The molecule has 1 unspecified atom stereocenters. The van der Waals surface area contributed by atoms with E-state index in [1.807, 2.05) is 6.08 Å². The van der Waals surface area contributed by atoms with Gasteiger partial charge >= 0.3 is 0 Å². The van der Waals surface area contributed by atoms with Crippen LogP contribution in [-0.4, -0.2) is 12.6 Å². The topological polar surface area (TPSA) is 12.0 Å². The summed E-state index contributed by atoms with van der Waals surface area (Å²) in [6, 6.07) is 2.72. The molecular weight excluding hydrogens is 166 g/mol. The molecule has 0 saturated carbocycles. The third kappa shape index (κ3) is 3.20. The van der Waals surface area contributed by atoms with Crippen molar-refractivity contribution in [1.29, 1.82) is 0 Å². The molecule has 0 fully saturated rings. The normalized spacial score (nSPS) is 12.8. The maximum Gasteiger partial charge on any atom is 0.0134 e. The van der Waals surface area contributed by atoms with Gasteiger partial charge < -0.3 is 5.32 Å². The van der Waals surface area contributed by atoms with Crippen molar-refractivity contribution in [2.24, 2.45) is 0 Å². The molecule has 0 spiro atoms. The Morgan fingerprint density at radius 1 is 1.75 bits per heavy atom. The van der Waals surface area contributed by atoms with Crippen LogP contribution in [0.1, 0.15) is 12.5 Å². The van der Waals surface area contributed by atoms with Gasteiger partial charge in [0.15, 0.2) is 0 Å². The Kier molecular flexibility index (Phi) is 4.05. The van der Waals surface area contributed by atoms with Gasteiger partial charge in [0, 0.05) is 12.6 Å². The smallest absolute Gasteiger partial charge is 0.0134 e. The van der Waals surface area contributed by atoms with E-state index in [2.05, 4.69) is 35.6 Å². The molecule has 0 radical (unpaired) electrons. The van der Waals surface area contributed by atoms with Crippen molar-refractivity contribution in [2.75, 3.05) is 6.54 Å². The molecule has 66 valence electrons. The fraction of sp³-hybridized carbons (Fsp3) is 0.400. The third-order valence-electron chi connectivity index (χ3n) is 1.73. The Morgan fingerprint density at radius 3 is 3.17 bits per heavy atom. The molecule has 0 aliphatic heterocycles. The first kappa shape index (κ1) is 9.49. The summed E-state index contributed by atoms with van der Waals surface area (Å²) in [7, 11) is 0. The molecule has 1 rings (SSSR count). The maximum atomic E-state index is 3.67. The summed E-state index contributed by atoms with van der Waals surface area (Å²) >= 11 is 1.76. The zero-order chi connectivity index (χ0) is 8.81. The van der Waals surface area contributed by atoms with Crippen molar-refractivity contribution < 1.29 is 0 Å². The van der Waals surface area contributed by atoms with E-state index in [0.717, 1.165) is 13.0 Å². The Labute approximate surface area is 78.1 Å². The molecule has 1 N–H and O–H groups in total. The van der Waals surface area contributed by atoms with E-state index in [0.29, 0.717) is 6.04 Å². The van der Waals surface area contributed by atoms with Gasteiger partial charge in [-0.3, -0.25) is 0 Å². The zero-order valence-corrected chi connectivity index (χ0v) is 8.23. The van der Waals surface area contributed by atoms with Crippen molar-refractivity contribution in [1.82, 2.24) is 5.32 Å². The Morgan fingerprint density at radius 2 is 2.58 bits per heavy atom. The van der Waals surface area contributed by atoms with E-state index in [4.69, 9.17) is 0 Å². The van der Waals surface area contributed by atoms with Gasteiger partial charge in [0.1, 0.15) is 0 Å². The second kappa shape index (κ2) is 5.12. The number of rotatable bonds is 5. The third-order valence-corrected chi connectivity index (χ3v) is 2.46. The predicted octanol–water partition coefficient (Wildman–Crippen LogP) is 2.45. The minimum atomic E-state index is 0.539. The molecule has 0 amide bonds. The Bertz CT molecular complexity index is 216. The lowest BCUT2D eigenvalue weighted by atomic mass is 10.1. The van der Waals surface area contributed by atoms with Gasteiger partial charge in [-0.15, -0.1) is 6.58 Å². The van der Waals surface area contributed by atoms with Gasteiger partial charge in [-0.25, -0.2) is 0 Å². The standard InChI is InChI=1S/C10H15NS/c1-3-5-11-9(2)7-10-4-6-12-8-10/h3-4,6,8-9,11H,1,5,7H2,2H3. The van der Waals surface area contributed by atoms with E-state index >= 15 is 0 Å². The first-order valence-electron chi connectivity index (χ1n) is 4.18. The lowest BCUT2D eigenvalue weighted by Gasteiger charge is -2.10. The lowest BCUT2D eigenvalue weighted by molar-refractivity contribution is 0.581. The summed E-state index contributed by atoms with van der Waals surface area (Å²) in [5.41, 5.74) is 1.42. The largest absolute Gasteiger partial charge is 0.310 e. The van der Waals surface area contributed by atoms with Crippen LogP contribution in [0.5, 0.6) is 0 Å². The first-order valence-corrected chi connectivity index (χ1v) is 5.12. The summed E-state index contributed by atoms with van der Waals surface area (Å²) in [5, 5.41) is 7.68. The van der Waals surface area contributed by atoms with Gasteiger partial charge in [0.2, 0.25) is 0 Å². The Hall–Kier alpha value is -0.600. The van der Waals surface area contributed by atoms with Crippen molar-refractivity contribution in [2.45, 2.75) is 19.4 Å². The van der Waals surface area contributed by atoms with Crippen LogP contribution in [0, 0.1) is 0 Å². The maximum absolute atomic E-state index is 3.67. The van der Waals surface area contributed by atoms with E-state index in [1.165, 1.54) is 5.56 Å². The number of nitrogens with one attached hydrogen (secondary N) is 1. The molecule has 0 aliphatic rings. The van der Waals surface area contributed by atoms with Gasteiger partial charge in [0.25, 0.3) is 0 Å². The first-order chi connectivity index (χ1) is 5.83. The highest BCUT2D eigenvalue weighted by atomic mass is 32.1. The second-order valence-electron chi connectivity index (χ2n) is 2.93. The van der Waals surface area contributed by atoms with E-state index < -0.39 is 0 Å².